The Bertz CT molecular complexity index is 784. The maximum Gasteiger partial charge on any atom is 0.204 e. The lowest BCUT2D eigenvalue weighted by Gasteiger charge is -2.03. The van der Waals surface area contributed by atoms with Gasteiger partial charge in [-0.15, -0.1) is 0 Å². The van der Waals surface area contributed by atoms with Crippen LogP contribution in [0.4, 0.5) is 0 Å². The maximum absolute atomic E-state index is 12.4. The molecular formula is C16H15ClN2O2. The van der Waals surface area contributed by atoms with Crippen LogP contribution in [0.5, 0.6) is 0 Å². The van der Waals surface area contributed by atoms with Gasteiger partial charge in [0.15, 0.2) is 5.76 Å². The van der Waals surface area contributed by atoms with Gasteiger partial charge in [0, 0.05) is 11.9 Å². The topological polar surface area (TPSA) is 48.0 Å². The number of hydrogen-bond acceptors (Lipinski definition) is 3. The number of rotatable bonds is 4. The van der Waals surface area contributed by atoms with Gasteiger partial charge >= 0.3 is 0 Å². The zero-order valence-electron chi connectivity index (χ0n) is 11.9. The predicted octanol–water partition coefficient (Wildman–Crippen LogP) is 4.04. The molecular weight excluding hydrogens is 288 g/mol. The van der Waals surface area contributed by atoms with Crippen molar-refractivity contribution in [1.29, 1.82) is 0 Å². The third kappa shape index (κ3) is 2.47. The largest absolute Gasteiger partial charge is 0.453 e. The Morgan fingerprint density at radius 1 is 1.38 bits per heavy atom. The van der Waals surface area contributed by atoms with Crippen molar-refractivity contribution in [3.05, 3.63) is 52.5 Å². The van der Waals surface area contributed by atoms with Crippen LogP contribution in [-0.2, 0) is 13.0 Å². The second-order valence-electron chi connectivity index (χ2n) is 4.91. The van der Waals surface area contributed by atoms with Gasteiger partial charge in [-0.2, -0.15) is 5.10 Å². The molecule has 21 heavy (non-hydrogen) atoms. The van der Waals surface area contributed by atoms with E-state index in [0.717, 1.165) is 16.8 Å². The number of Topliss-reactive ketones (excluding diaryl/α,β-unsaturated/α-hetero) is 1. The summed E-state index contributed by atoms with van der Waals surface area (Å²) >= 11 is 6.24. The van der Waals surface area contributed by atoms with Gasteiger partial charge in [0.25, 0.3) is 0 Å². The van der Waals surface area contributed by atoms with Crippen molar-refractivity contribution in [3.8, 4) is 0 Å². The zero-order chi connectivity index (χ0) is 15.0. The molecule has 0 amide bonds. The van der Waals surface area contributed by atoms with E-state index in [0.29, 0.717) is 22.9 Å². The first-order valence-electron chi connectivity index (χ1n) is 6.83. The SMILES string of the molecule is CCn1nc(C)c(Cl)c1CC(=O)c1cc2ccccc2o1. The molecule has 108 valence electrons. The smallest absolute Gasteiger partial charge is 0.204 e. The summed E-state index contributed by atoms with van der Waals surface area (Å²) in [5.74, 6) is 0.261. The van der Waals surface area contributed by atoms with E-state index in [1.807, 2.05) is 38.1 Å². The molecule has 0 atom stereocenters. The van der Waals surface area contributed by atoms with Crippen molar-refractivity contribution in [2.75, 3.05) is 0 Å². The molecule has 1 aromatic carbocycles. The fourth-order valence-corrected chi connectivity index (χ4v) is 2.60. The summed E-state index contributed by atoms with van der Waals surface area (Å²) in [6.45, 7) is 4.48. The predicted molar refractivity (Wildman–Crippen MR) is 81.9 cm³/mol. The van der Waals surface area contributed by atoms with Crippen molar-refractivity contribution in [1.82, 2.24) is 9.78 Å². The molecule has 3 rings (SSSR count). The van der Waals surface area contributed by atoms with Crippen molar-refractivity contribution >= 4 is 28.4 Å². The molecule has 0 unspecified atom stereocenters. The molecule has 2 heterocycles. The Balaban J connectivity index is 1.93. The van der Waals surface area contributed by atoms with Gasteiger partial charge in [-0.25, -0.2) is 0 Å². The fourth-order valence-electron chi connectivity index (χ4n) is 2.40. The number of nitrogens with zero attached hydrogens (tertiary/aromatic N) is 2. The normalized spacial score (nSPS) is 11.2. The first kappa shape index (κ1) is 13.9. The Morgan fingerprint density at radius 2 is 2.14 bits per heavy atom. The molecule has 4 nitrogen and oxygen atoms in total. The van der Waals surface area contributed by atoms with Gasteiger partial charge in [-0.3, -0.25) is 9.48 Å². The second kappa shape index (κ2) is 5.37. The van der Waals surface area contributed by atoms with Crippen molar-refractivity contribution < 1.29 is 9.21 Å². The van der Waals surface area contributed by atoms with E-state index in [1.165, 1.54) is 0 Å². The Kier molecular flexibility index (Phi) is 3.55. The molecule has 3 aromatic rings. The highest BCUT2D eigenvalue weighted by Gasteiger charge is 2.19. The minimum absolute atomic E-state index is 0.0947. The molecule has 0 saturated carbocycles. The quantitative estimate of drug-likeness (QED) is 0.683. The van der Waals surface area contributed by atoms with E-state index in [2.05, 4.69) is 5.10 Å². The summed E-state index contributed by atoms with van der Waals surface area (Å²) < 4.78 is 7.36. The fraction of sp³-hybridized carbons (Fsp3) is 0.250. The standard InChI is InChI=1S/C16H15ClN2O2/c1-3-19-12(16(17)10(2)18-19)9-13(20)15-8-11-6-4-5-7-14(11)21-15/h4-8H,3,9H2,1-2H3. The van der Waals surface area contributed by atoms with Crippen LogP contribution in [0, 0.1) is 6.92 Å². The number of para-hydroxylation sites is 1. The highest BCUT2D eigenvalue weighted by atomic mass is 35.5. The lowest BCUT2D eigenvalue weighted by atomic mass is 10.1. The van der Waals surface area contributed by atoms with Crippen LogP contribution in [0.25, 0.3) is 11.0 Å². The van der Waals surface area contributed by atoms with Crippen molar-refractivity contribution in [2.45, 2.75) is 26.8 Å². The average molecular weight is 303 g/mol. The van der Waals surface area contributed by atoms with Gasteiger partial charge in [0.1, 0.15) is 5.58 Å². The third-order valence-electron chi connectivity index (χ3n) is 3.48. The van der Waals surface area contributed by atoms with Crippen LogP contribution in [0.15, 0.2) is 34.7 Å². The number of halogens is 1. The number of furan rings is 1. The van der Waals surface area contributed by atoms with Crippen LogP contribution < -0.4 is 0 Å². The van der Waals surface area contributed by atoms with E-state index < -0.39 is 0 Å². The van der Waals surface area contributed by atoms with E-state index in [1.54, 1.807) is 10.7 Å². The van der Waals surface area contributed by atoms with Crippen LogP contribution in [-0.4, -0.2) is 15.6 Å². The van der Waals surface area contributed by atoms with Gasteiger partial charge < -0.3 is 4.42 Å². The number of aryl methyl sites for hydroxylation is 2. The molecule has 5 heteroatoms. The average Bonchev–Trinajstić information content (AvgIpc) is 3.03. The van der Waals surface area contributed by atoms with Gasteiger partial charge in [-0.1, -0.05) is 29.8 Å². The molecule has 0 aliphatic rings. The van der Waals surface area contributed by atoms with Crippen molar-refractivity contribution in [2.24, 2.45) is 0 Å². The Morgan fingerprint density at radius 3 is 2.86 bits per heavy atom. The number of aromatic nitrogens is 2. The molecule has 2 aromatic heterocycles. The Labute approximate surface area is 127 Å². The summed E-state index contributed by atoms with van der Waals surface area (Å²) in [5.41, 5.74) is 2.19. The molecule has 0 aliphatic heterocycles. The highest BCUT2D eigenvalue weighted by Crippen LogP contribution is 2.24. The van der Waals surface area contributed by atoms with E-state index in [9.17, 15) is 4.79 Å². The number of hydrogen-bond donors (Lipinski definition) is 0. The lowest BCUT2D eigenvalue weighted by molar-refractivity contribution is 0.0966. The number of carbonyl (C=O) groups excluding carboxylic acids is 1. The molecule has 0 saturated heterocycles. The summed E-state index contributed by atoms with van der Waals surface area (Å²) in [4.78, 5) is 12.4. The molecule has 0 bridgehead atoms. The van der Waals surface area contributed by atoms with Crippen LogP contribution in [0.3, 0.4) is 0 Å². The molecule has 0 fully saturated rings. The zero-order valence-corrected chi connectivity index (χ0v) is 12.6. The second-order valence-corrected chi connectivity index (χ2v) is 5.29. The van der Waals surface area contributed by atoms with Gasteiger partial charge in [0.2, 0.25) is 5.78 Å². The number of ketones is 1. The highest BCUT2D eigenvalue weighted by molar-refractivity contribution is 6.32. The van der Waals surface area contributed by atoms with E-state index in [4.69, 9.17) is 16.0 Å². The van der Waals surface area contributed by atoms with E-state index in [-0.39, 0.29) is 12.2 Å². The number of benzene rings is 1. The van der Waals surface area contributed by atoms with Crippen molar-refractivity contribution in [3.63, 3.8) is 0 Å². The first-order chi connectivity index (χ1) is 10.1. The Hall–Kier alpha value is -2.07. The molecule has 0 aliphatic carbocycles. The minimum atomic E-state index is -0.0947. The summed E-state index contributed by atoms with van der Waals surface area (Å²) in [6.07, 6.45) is 0.188. The number of carbonyl (C=O) groups is 1. The van der Waals surface area contributed by atoms with Crippen LogP contribution in [0.2, 0.25) is 5.02 Å². The van der Waals surface area contributed by atoms with Crippen LogP contribution >= 0.6 is 11.6 Å². The van der Waals surface area contributed by atoms with Gasteiger partial charge in [0.05, 0.1) is 22.8 Å². The maximum atomic E-state index is 12.4. The summed E-state index contributed by atoms with van der Waals surface area (Å²) in [7, 11) is 0. The third-order valence-corrected chi connectivity index (χ3v) is 3.97. The summed E-state index contributed by atoms with van der Waals surface area (Å²) in [6, 6.07) is 9.33. The minimum Gasteiger partial charge on any atom is -0.453 e. The van der Waals surface area contributed by atoms with Gasteiger partial charge in [-0.05, 0) is 26.0 Å². The lowest BCUT2D eigenvalue weighted by Crippen LogP contribution is -2.09. The first-order valence-corrected chi connectivity index (χ1v) is 7.21. The molecule has 0 radical (unpaired) electrons. The molecule has 0 spiro atoms. The number of fused-ring (bicyclic) bond motifs is 1. The van der Waals surface area contributed by atoms with Crippen LogP contribution in [0.1, 0.15) is 28.9 Å². The van der Waals surface area contributed by atoms with E-state index >= 15 is 0 Å². The summed E-state index contributed by atoms with van der Waals surface area (Å²) in [5, 5.41) is 5.80. The monoisotopic (exact) mass is 302 g/mol. The molecule has 0 N–H and O–H groups in total.